The van der Waals surface area contributed by atoms with Crippen LogP contribution in [0.25, 0.3) is 11.0 Å². The van der Waals surface area contributed by atoms with E-state index >= 15 is 0 Å². The zero-order chi connectivity index (χ0) is 13.1. The fraction of sp³-hybridized carbons (Fsp3) is 0.500. The maximum absolute atomic E-state index is 5.78. The Balaban J connectivity index is 1.49. The zero-order valence-electron chi connectivity index (χ0n) is 11.3. The average Bonchev–Trinajstić information content (AvgIpc) is 2.88. The highest BCUT2D eigenvalue weighted by atomic mass is 16.5. The fourth-order valence-corrected chi connectivity index (χ4v) is 2.36. The summed E-state index contributed by atoms with van der Waals surface area (Å²) < 4.78 is 5.78. The predicted octanol–water partition coefficient (Wildman–Crippen LogP) is 1.19. The summed E-state index contributed by atoms with van der Waals surface area (Å²) in [6, 6.07) is 4.04. The number of aromatic amines is 1. The summed E-state index contributed by atoms with van der Waals surface area (Å²) in [4.78, 5) is 12.2. The van der Waals surface area contributed by atoms with Crippen LogP contribution in [0, 0.1) is 0 Å². The Kier molecular flexibility index (Phi) is 3.66. The first-order chi connectivity index (χ1) is 9.31. The standard InChI is InChI=1S/C14H20N4O/c1-17-4-6-18(7-5-17)8-9-19-13-10-12-2-3-15-14(12)16-11-13/h2-3,10-11H,4-9H2,1H3,(H,15,16). The molecule has 0 unspecified atom stereocenters. The van der Waals surface area contributed by atoms with Crippen molar-refractivity contribution in [1.29, 1.82) is 0 Å². The lowest BCUT2D eigenvalue weighted by atomic mass is 10.3. The van der Waals surface area contributed by atoms with E-state index in [1.54, 1.807) is 6.20 Å². The molecule has 3 heterocycles. The lowest BCUT2D eigenvalue weighted by molar-refractivity contribution is 0.133. The SMILES string of the molecule is CN1CCN(CCOc2cnc3[nH]ccc3c2)CC1. The molecule has 1 saturated heterocycles. The van der Waals surface area contributed by atoms with Crippen LogP contribution in [0.1, 0.15) is 0 Å². The van der Waals surface area contributed by atoms with Crippen molar-refractivity contribution < 1.29 is 4.74 Å². The molecule has 5 heteroatoms. The highest BCUT2D eigenvalue weighted by Gasteiger charge is 2.13. The number of nitrogens with one attached hydrogen (secondary N) is 1. The summed E-state index contributed by atoms with van der Waals surface area (Å²) in [6.45, 7) is 6.28. The maximum atomic E-state index is 5.78. The van der Waals surface area contributed by atoms with Crippen LogP contribution in [0.2, 0.25) is 0 Å². The summed E-state index contributed by atoms with van der Waals surface area (Å²) in [5, 5.41) is 1.09. The molecule has 1 aliphatic heterocycles. The molecule has 1 N–H and O–H groups in total. The number of H-pyrrole nitrogens is 1. The van der Waals surface area contributed by atoms with E-state index in [9.17, 15) is 0 Å². The quantitative estimate of drug-likeness (QED) is 0.897. The van der Waals surface area contributed by atoms with Crippen molar-refractivity contribution in [2.24, 2.45) is 0 Å². The van der Waals surface area contributed by atoms with Crippen LogP contribution in [-0.4, -0.2) is 66.1 Å². The number of aromatic nitrogens is 2. The molecule has 0 atom stereocenters. The minimum absolute atomic E-state index is 0.724. The molecule has 0 radical (unpaired) electrons. The largest absolute Gasteiger partial charge is 0.491 e. The molecule has 0 aromatic carbocycles. The number of likely N-dealkylation sites (N-methyl/N-ethyl adjacent to an activating group) is 1. The predicted molar refractivity (Wildman–Crippen MR) is 75.5 cm³/mol. The van der Waals surface area contributed by atoms with Gasteiger partial charge in [-0.15, -0.1) is 0 Å². The van der Waals surface area contributed by atoms with Crippen LogP contribution in [0.15, 0.2) is 24.5 Å². The van der Waals surface area contributed by atoms with Crippen LogP contribution in [-0.2, 0) is 0 Å². The van der Waals surface area contributed by atoms with E-state index in [1.807, 2.05) is 18.3 Å². The Bertz CT molecular complexity index is 531. The Hall–Kier alpha value is -1.59. The molecule has 102 valence electrons. The summed E-state index contributed by atoms with van der Waals surface area (Å²) in [6.07, 6.45) is 3.68. The summed E-state index contributed by atoms with van der Waals surface area (Å²) in [7, 11) is 2.17. The van der Waals surface area contributed by atoms with Gasteiger partial charge in [0.1, 0.15) is 18.0 Å². The molecule has 1 aliphatic rings. The van der Waals surface area contributed by atoms with Crippen molar-refractivity contribution in [3.63, 3.8) is 0 Å². The lowest BCUT2D eigenvalue weighted by Gasteiger charge is -2.32. The van der Waals surface area contributed by atoms with Gasteiger partial charge < -0.3 is 14.6 Å². The first kappa shape index (κ1) is 12.4. The van der Waals surface area contributed by atoms with Gasteiger partial charge in [0.2, 0.25) is 0 Å². The normalized spacial score (nSPS) is 17.9. The number of piperazine rings is 1. The molecule has 0 aliphatic carbocycles. The number of hydrogen-bond acceptors (Lipinski definition) is 4. The Labute approximate surface area is 113 Å². The summed E-state index contributed by atoms with van der Waals surface area (Å²) in [5.74, 6) is 0.848. The van der Waals surface area contributed by atoms with E-state index in [2.05, 4.69) is 26.8 Å². The monoisotopic (exact) mass is 260 g/mol. The summed E-state index contributed by atoms with van der Waals surface area (Å²) >= 11 is 0. The molecule has 19 heavy (non-hydrogen) atoms. The van der Waals surface area contributed by atoms with Gasteiger partial charge in [-0.1, -0.05) is 0 Å². The van der Waals surface area contributed by atoms with Crippen molar-refractivity contribution in [2.45, 2.75) is 0 Å². The summed E-state index contributed by atoms with van der Waals surface area (Å²) in [5.41, 5.74) is 0.909. The van der Waals surface area contributed by atoms with Crippen molar-refractivity contribution in [3.8, 4) is 5.75 Å². The van der Waals surface area contributed by atoms with Crippen molar-refractivity contribution in [1.82, 2.24) is 19.8 Å². The van der Waals surface area contributed by atoms with Gasteiger partial charge in [0.25, 0.3) is 0 Å². The molecule has 2 aromatic rings. The van der Waals surface area contributed by atoms with Crippen molar-refractivity contribution in [3.05, 3.63) is 24.5 Å². The van der Waals surface area contributed by atoms with Crippen molar-refractivity contribution >= 4 is 11.0 Å². The van der Waals surface area contributed by atoms with E-state index in [0.29, 0.717) is 0 Å². The molecule has 5 nitrogen and oxygen atoms in total. The van der Waals surface area contributed by atoms with Gasteiger partial charge in [-0.2, -0.15) is 0 Å². The van der Waals surface area contributed by atoms with E-state index in [0.717, 1.165) is 56.1 Å². The van der Waals surface area contributed by atoms with Gasteiger partial charge in [-0.25, -0.2) is 4.98 Å². The van der Waals surface area contributed by atoms with Gasteiger partial charge in [0, 0.05) is 44.3 Å². The Morgan fingerprint density at radius 2 is 2.16 bits per heavy atom. The fourth-order valence-electron chi connectivity index (χ4n) is 2.36. The molecule has 1 fully saturated rings. The van der Waals surface area contributed by atoms with Crippen LogP contribution in [0.5, 0.6) is 5.75 Å². The molecule has 3 rings (SSSR count). The van der Waals surface area contributed by atoms with Gasteiger partial charge >= 0.3 is 0 Å². The molecular formula is C14H20N4O. The highest BCUT2D eigenvalue weighted by molar-refractivity contribution is 5.76. The Morgan fingerprint density at radius 3 is 3.00 bits per heavy atom. The van der Waals surface area contributed by atoms with Gasteiger partial charge in [-0.3, -0.25) is 4.90 Å². The first-order valence-corrected chi connectivity index (χ1v) is 6.78. The van der Waals surface area contributed by atoms with E-state index in [4.69, 9.17) is 4.74 Å². The van der Waals surface area contributed by atoms with Crippen molar-refractivity contribution in [2.75, 3.05) is 46.4 Å². The van der Waals surface area contributed by atoms with Gasteiger partial charge in [0.05, 0.1) is 6.20 Å². The number of rotatable bonds is 4. The highest BCUT2D eigenvalue weighted by Crippen LogP contribution is 2.16. The number of hydrogen-bond donors (Lipinski definition) is 1. The minimum atomic E-state index is 0.724. The lowest BCUT2D eigenvalue weighted by Crippen LogP contribution is -2.45. The second kappa shape index (κ2) is 5.59. The van der Waals surface area contributed by atoms with Gasteiger partial charge in [-0.05, 0) is 19.2 Å². The van der Waals surface area contributed by atoms with Crippen LogP contribution in [0.3, 0.4) is 0 Å². The van der Waals surface area contributed by atoms with Gasteiger partial charge in [0.15, 0.2) is 0 Å². The van der Waals surface area contributed by atoms with Crippen LogP contribution < -0.4 is 4.74 Å². The number of ether oxygens (including phenoxy) is 1. The molecule has 2 aromatic heterocycles. The van der Waals surface area contributed by atoms with E-state index < -0.39 is 0 Å². The smallest absolute Gasteiger partial charge is 0.138 e. The second-order valence-corrected chi connectivity index (χ2v) is 5.08. The second-order valence-electron chi connectivity index (χ2n) is 5.08. The molecule has 0 spiro atoms. The molecule has 0 saturated carbocycles. The first-order valence-electron chi connectivity index (χ1n) is 6.78. The average molecular weight is 260 g/mol. The Morgan fingerprint density at radius 1 is 1.32 bits per heavy atom. The third-order valence-electron chi connectivity index (χ3n) is 3.65. The van der Waals surface area contributed by atoms with Crippen LogP contribution >= 0.6 is 0 Å². The van der Waals surface area contributed by atoms with E-state index in [-0.39, 0.29) is 0 Å². The number of fused-ring (bicyclic) bond motifs is 1. The third kappa shape index (κ3) is 3.05. The minimum Gasteiger partial charge on any atom is -0.491 e. The number of pyridine rings is 1. The van der Waals surface area contributed by atoms with E-state index in [1.165, 1.54) is 0 Å². The van der Waals surface area contributed by atoms with Crippen LogP contribution in [0.4, 0.5) is 0 Å². The third-order valence-corrected chi connectivity index (χ3v) is 3.65. The molecule has 0 amide bonds. The zero-order valence-corrected chi connectivity index (χ0v) is 11.3. The number of nitrogens with zero attached hydrogens (tertiary/aromatic N) is 3. The molecule has 0 bridgehead atoms. The topological polar surface area (TPSA) is 44.4 Å². The maximum Gasteiger partial charge on any atom is 0.138 e. The molecular weight excluding hydrogens is 240 g/mol.